The molecule has 1 aliphatic heterocycles. The Morgan fingerprint density at radius 3 is 2.18 bits per heavy atom. The molecule has 3 rings (SSSR count). The SMILES string of the molecule is CCCCOc1ccc(/C(O)=C2\C(=O)C(=O)N(CCCN(C)C)C2c2cc(OC)c(OC)c(OC)c2)cc1C. The normalized spacial score (nSPS) is 16.6. The van der Waals surface area contributed by atoms with Gasteiger partial charge in [-0.2, -0.15) is 0 Å². The van der Waals surface area contributed by atoms with Crippen LogP contribution in [-0.4, -0.2) is 81.7 Å². The second-order valence-corrected chi connectivity index (χ2v) is 9.79. The molecule has 1 heterocycles. The Hall–Kier alpha value is -3.72. The van der Waals surface area contributed by atoms with Gasteiger partial charge in [0.2, 0.25) is 5.75 Å². The van der Waals surface area contributed by atoms with Crippen molar-refractivity contribution in [2.24, 2.45) is 0 Å². The number of aliphatic hydroxyl groups is 1. The van der Waals surface area contributed by atoms with Gasteiger partial charge in [0.15, 0.2) is 11.5 Å². The summed E-state index contributed by atoms with van der Waals surface area (Å²) in [7, 11) is 8.40. The molecule has 212 valence electrons. The second-order valence-electron chi connectivity index (χ2n) is 9.79. The topological polar surface area (TPSA) is 97.8 Å². The molecule has 1 N–H and O–H groups in total. The van der Waals surface area contributed by atoms with Gasteiger partial charge >= 0.3 is 0 Å². The number of ketones is 1. The molecule has 0 bridgehead atoms. The van der Waals surface area contributed by atoms with Gasteiger partial charge < -0.3 is 33.9 Å². The van der Waals surface area contributed by atoms with Gasteiger partial charge in [-0.1, -0.05) is 13.3 Å². The van der Waals surface area contributed by atoms with Gasteiger partial charge in [0.1, 0.15) is 11.5 Å². The van der Waals surface area contributed by atoms with E-state index in [2.05, 4.69) is 6.92 Å². The van der Waals surface area contributed by atoms with E-state index in [0.717, 1.165) is 24.9 Å². The zero-order valence-corrected chi connectivity index (χ0v) is 24.0. The second kappa shape index (κ2) is 13.4. The molecular formula is C30H40N2O7. The molecule has 1 aliphatic rings. The maximum absolute atomic E-state index is 13.4. The molecule has 0 spiro atoms. The lowest BCUT2D eigenvalue weighted by atomic mass is 9.94. The summed E-state index contributed by atoms with van der Waals surface area (Å²) in [4.78, 5) is 30.3. The first-order valence-electron chi connectivity index (χ1n) is 13.1. The highest BCUT2D eigenvalue weighted by Gasteiger charge is 2.46. The Morgan fingerprint density at radius 1 is 0.974 bits per heavy atom. The number of amides is 1. The maximum Gasteiger partial charge on any atom is 0.295 e. The van der Waals surface area contributed by atoms with Gasteiger partial charge in [-0.25, -0.2) is 0 Å². The van der Waals surface area contributed by atoms with Gasteiger partial charge in [-0.3, -0.25) is 9.59 Å². The predicted molar refractivity (Wildman–Crippen MR) is 150 cm³/mol. The third-order valence-corrected chi connectivity index (χ3v) is 6.75. The standard InChI is InChI=1S/C30H40N2O7/c1-8-9-15-39-22-12-11-20(16-19(22)2)27(33)25-26(32(30(35)28(25)34)14-10-13-31(3)4)21-17-23(36-5)29(38-7)24(18-21)37-6/h11-12,16-18,26,33H,8-10,13-15H2,1-7H3/b27-25+. The number of rotatable bonds is 13. The first-order chi connectivity index (χ1) is 18.7. The van der Waals surface area contributed by atoms with E-state index in [4.69, 9.17) is 18.9 Å². The van der Waals surface area contributed by atoms with Gasteiger partial charge in [-0.15, -0.1) is 0 Å². The fraction of sp³-hybridized carbons (Fsp3) is 0.467. The van der Waals surface area contributed by atoms with Crippen LogP contribution in [0.25, 0.3) is 5.76 Å². The highest BCUT2D eigenvalue weighted by molar-refractivity contribution is 6.46. The van der Waals surface area contributed by atoms with E-state index in [1.807, 2.05) is 25.9 Å². The van der Waals surface area contributed by atoms with Crippen molar-refractivity contribution in [3.8, 4) is 23.0 Å². The number of ether oxygens (including phenoxy) is 4. The molecule has 39 heavy (non-hydrogen) atoms. The highest BCUT2D eigenvalue weighted by Crippen LogP contribution is 2.46. The van der Waals surface area contributed by atoms with Crippen LogP contribution >= 0.6 is 0 Å². The predicted octanol–water partition coefficient (Wildman–Crippen LogP) is 4.57. The number of aliphatic hydroxyl groups excluding tert-OH is 1. The Bertz CT molecular complexity index is 1200. The van der Waals surface area contributed by atoms with E-state index in [1.165, 1.54) is 26.2 Å². The van der Waals surface area contributed by atoms with Crippen LogP contribution in [0, 0.1) is 6.92 Å². The minimum absolute atomic E-state index is 0.0122. The third-order valence-electron chi connectivity index (χ3n) is 6.75. The number of carbonyl (C=O) groups is 2. The minimum Gasteiger partial charge on any atom is -0.507 e. The van der Waals surface area contributed by atoms with Crippen LogP contribution < -0.4 is 18.9 Å². The van der Waals surface area contributed by atoms with E-state index < -0.39 is 17.7 Å². The smallest absolute Gasteiger partial charge is 0.295 e. The Kier molecular flexibility index (Phi) is 10.2. The van der Waals surface area contributed by atoms with Crippen molar-refractivity contribution < 1.29 is 33.6 Å². The van der Waals surface area contributed by atoms with Crippen molar-refractivity contribution in [3.05, 3.63) is 52.6 Å². The largest absolute Gasteiger partial charge is 0.507 e. The number of aryl methyl sites for hydroxylation is 1. The summed E-state index contributed by atoms with van der Waals surface area (Å²) in [6.07, 6.45) is 2.60. The van der Waals surface area contributed by atoms with Crippen molar-refractivity contribution in [2.75, 3.05) is 55.1 Å². The van der Waals surface area contributed by atoms with Gasteiger partial charge in [-0.05, 0) is 81.9 Å². The van der Waals surface area contributed by atoms with E-state index in [9.17, 15) is 14.7 Å². The molecule has 0 aliphatic carbocycles. The Morgan fingerprint density at radius 2 is 1.64 bits per heavy atom. The first-order valence-corrected chi connectivity index (χ1v) is 13.1. The summed E-state index contributed by atoms with van der Waals surface area (Å²) < 4.78 is 22.4. The number of unbranched alkanes of at least 4 members (excludes halogenated alkanes) is 1. The molecule has 1 unspecified atom stereocenters. The molecule has 1 fully saturated rings. The Labute approximate surface area is 230 Å². The van der Waals surface area contributed by atoms with Crippen LogP contribution in [0.1, 0.15) is 48.9 Å². The van der Waals surface area contributed by atoms with E-state index in [-0.39, 0.29) is 11.3 Å². The van der Waals surface area contributed by atoms with Crippen molar-refractivity contribution in [2.45, 2.75) is 39.2 Å². The molecule has 0 saturated carbocycles. The average molecular weight is 541 g/mol. The molecule has 1 atom stereocenters. The van der Waals surface area contributed by atoms with Crippen molar-refractivity contribution >= 4 is 17.4 Å². The van der Waals surface area contributed by atoms with Gasteiger partial charge in [0.25, 0.3) is 11.7 Å². The fourth-order valence-electron chi connectivity index (χ4n) is 4.71. The third kappa shape index (κ3) is 6.47. The number of likely N-dealkylation sites (tertiary alicyclic amines) is 1. The maximum atomic E-state index is 13.4. The van der Waals surface area contributed by atoms with Crippen LogP contribution in [0.2, 0.25) is 0 Å². The van der Waals surface area contributed by atoms with Crippen LogP contribution in [0.3, 0.4) is 0 Å². The van der Waals surface area contributed by atoms with Crippen LogP contribution in [0.4, 0.5) is 0 Å². The lowest BCUT2D eigenvalue weighted by Gasteiger charge is -2.27. The summed E-state index contributed by atoms with van der Waals surface area (Å²) in [6.45, 7) is 5.63. The molecule has 2 aromatic carbocycles. The number of nitrogens with zero attached hydrogens (tertiary/aromatic N) is 2. The number of hydrogen-bond acceptors (Lipinski definition) is 8. The van der Waals surface area contributed by atoms with Gasteiger partial charge in [0, 0.05) is 12.1 Å². The zero-order chi connectivity index (χ0) is 28.7. The molecule has 1 saturated heterocycles. The summed E-state index contributed by atoms with van der Waals surface area (Å²) >= 11 is 0. The number of hydrogen-bond donors (Lipinski definition) is 1. The number of Topliss-reactive ketones (excluding diaryl/α,β-unsaturated/α-hetero) is 1. The minimum atomic E-state index is -0.846. The summed E-state index contributed by atoms with van der Waals surface area (Å²) in [5, 5.41) is 11.5. The van der Waals surface area contributed by atoms with Crippen LogP contribution in [0.15, 0.2) is 35.9 Å². The highest BCUT2D eigenvalue weighted by atomic mass is 16.5. The lowest BCUT2D eigenvalue weighted by molar-refractivity contribution is -0.139. The number of methoxy groups -OCH3 is 3. The molecule has 1 amide bonds. The summed E-state index contributed by atoms with van der Waals surface area (Å²) in [5.74, 6) is 0.228. The first kappa shape index (κ1) is 29.8. The van der Waals surface area contributed by atoms with Crippen molar-refractivity contribution in [1.82, 2.24) is 9.80 Å². The Balaban J connectivity index is 2.15. The zero-order valence-electron chi connectivity index (χ0n) is 24.0. The average Bonchev–Trinajstić information content (AvgIpc) is 3.17. The number of carbonyl (C=O) groups excluding carboxylic acids is 2. The van der Waals surface area contributed by atoms with Crippen LogP contribution in [0.5, 0.6) is 23.0 Å². The quantitative estimate of drug-likeness (QED) is 0.171. The fourth-order valence-corrected chi connectivity index (χ4v) is 4.71. The van der Waals surface area contributed by atoms with E-state index in [1.54, 1.807) is 30.3 Å². The summed E-state index contributed by atoms with van der Waals surface area (Å²) in [6, 6.07) is 7.82. The van der Waals surface area contributed by atoms with E-state index in [0.29, 0.717) is 53.7 Å². The van der Waals surface area contributed by atoms with E-state index >= 15 is 0 Å². The molecule has 9 heteroatoms. The molecular weight excluding hydrogens is 500 g/mol. The van der Waals surface area contributed by atoms with Crippen LogP contribution in [-0.2, 0) is 9.59 Å². The number of benzene rings is 2. The lowest BCUT2D eigenvalue weighted by Crippen LogP contribution is -2.32. The monoisotopic (exact) mass is 540 g/mol. The van der Waals surface area contributed by atoms with Crippen molar-refractivity contribution in [3.63, 3.8) is 0 Å². The molecule has 0 radical (unpaired) electrons. The van der Waals surface area contributed by atoms with Gasteiger partial charge in [0.05, 0.1) is 39.6 Å². The summed E-state index contributed by atoms with van der Waals surface area (Å²) in [5.41, 5.74) is 1.82. The molecule has 2 aromatic rings. The van der Waals surface area contributed by atoms with Crippen molar-refractivity contribution in [1.29, 1.82) is 0 Å². The molecule has 9 nitrogen and oxygen atoms in total. The molecule has 0 aromatic heterocycles.